The molecule has 2 rings (SSSR count). The lowest BCUT2D eigenvalue weighted by molar-refractivity contribution is -0.717. The van der Waals surface area contributed by atoms with Crippen LogP contribution in [-0.2, 0) is 14.8 Å². The summed E-state index contributed by atoms with van der Waals surface area (Å²) in [6.45, 7) is 9.38. The number of ether oxygens (including phenoxy) is 1. The molecule has 26 heavy (non-hydrogen) atoms. The number of sulfonamides is 1. The van der Waals surface area contributed by atoms with Gasteiger partial charge in [-0.3, -0.25) is 4.79 Å². The number of nitrogens with one attached hydrogen (secondary N) is 1. The largest absolute Gasteiger partial charge is 0.379 e. The third kappa shape index (κ3) is 6.05. The van der Waals surface area contributed by atoms with Crippen molar-refractivity contribution < 1.29 is 23.3 Å². The lowest BCUT2D eigenvalue weighted by Gasteiger charge is -2.26. The van der Waals surface area contributed by atoms with E-state index in [1.807, 2.05) is 0 Å². The number of carbonyl (C=O) groups excluding carboxylic acids is 1. The van der Waals surface area contributed by atoms with Gasteiger partial charge in [-0.15, -0.1) is 0 Å². The Kier molecular flexibility index (Phi) is 7.16. The zero-order valence-corrected chi connectivity index (χ0v) is 16.6. The van der Waals surface area contributed by atoms with E-state index < -0.39 is 10.0 Å². The first kappa shape index (κ1) is 20.8. The lowest BCUT2D eigenvalue weighted by atomic mass is 10.1. The molecular formula is C18H30N3O4S+. The van der Waals surface area contributed by atoms with Crippen LogP contribution in [0.15, 0.2) is 29.2 Å². The fourth-order valence-electron chi connectivity index (χ4n) is 2.67. The van der Waals surface area contributed by atoms with E-state index in [1.165, 1.54) is 16.4 Å². The van der Waals surface area contributed by atoms with E-state index in [0.29, 0.717) is 38.4 Å². The van der Waals surface area contributed by atoms with E-state index in [2.05, 4.69) is 31.4 Å². The van der Waals surface area contributed by atoms with Crippen LogP contribution < -0.4 is 10.6 Å². The van der Waals surface area contributed by atoms with E-state index in [4.69, 9.17) is 4.74 Å². The van der Waals surface area contributed by atoms with E-state index >= 15 is 0 Å². The summed E-state index contributed by atoms with van der Waals surface area (Å²) in [5, 5.41) is 5.09. The van der Waals surface area contributed by atoms with Gasteiger partial charge in [0.25, 0.3) is 5.91 Å². The van der Waals surface area contributed by atoms with Crippen molar-refractivity contribution >= 4 is 15.9 Å². The van der Waals surface area contributed by atoms with Crippen molar-refractivity contribution in [3.05, 3.63) is 29.8 Å². The van der Waals surface area contributed by atoms with Crippen LogP contribution in [0.1, 0.15) is 37.6 Å². The number of morpholine rings is 1. The number of hydrogen-bond acceptors (Lipinski definition) is 4. The van der Waals surface area contributed by atoms with Gasteiger partial charge in [-0.25, -0.2) is 8.42 Å². The number of rotatable bonds is 7. The molecule has 1 heterocycles. The Morgan fingerprint density at radius 3 is 2.62 bits per heavy atom. The third-order valence-corrected chi connectivity index (χ3v) is 6.02. The van der Waals surface area contributed by atoms with Crippen LogP contribution >= 0.6 is 0 Å². The first-order valence-corrected chi connectivity index (χ1v) is 10.4. The highest BCUT2D eigenvalue weighted by Gasteiger charge is 2.26. The topological polar surface area (TPSA) is 92.3 Å². The molecule has 0 bridgehead atoms. The summed E-state index contributed by atoms with van der Waals surface area (Å²) in [4.78, 5) is 12.5. The Balaban J connectivity index is 1.94. The summed E-state index contributed by atoms with van der Waals surface area (Å²) in [5.74, 6) is -0.250. The molecule has 1 fully saturated rings. The molecule has 1 aliphatic rings. The molecule has 1 aromatic rings. The van der Waals surface area contributed by atoms with Crippen molar-refractivity contribution in [1.82, 2.24) is 9.62 Å². The number of hydrogen-bond donors (Lipinski definition) is 2. The van der Waals surface area contributed by atoms with Gasteiger partial charge < -0.3 is 15.4 Å². The molecule has 1 aromatic carbocycles. The molecule has 3 N–H and O–H groups in total. The van der Waals surface area contributed by atoms with Gasteiger partial charge in [-0.2, -0.15) is 4.31 Å². The van der Waals surface area contributed by atoms with Crippen LogP contribution in [0.4, 0.5) is 0 Å². The second-order valence-corrected chi connectivity index (χ2v) is 9.45. The minimum atomic E-state index is -3.60. The second kappa shape index (κ2) is 8.94. The predicted molar refractivity (Wildman–Crippen MR) is 99.5 cm³/mol. The molecule has 1 aliphatic heterocycles. The number of carbonyl (C=O) groups is 1. The molecule has 0 atom stereocenters. The molecule has 1 saturated heterocycles. The van der Waals surface area contributed by atoms with Crippen molar-refractivity contribution in [2.75, 3.05) is 39.4 Å². The quantitative estimate of drug-likeness (QED) is 0.657. The van der Waals surface area contributed by atoms with Crippen molar-refractivity contribution in [3.63, 3.8) is 0 Å². The van der Waals surface area contributed by atoms with Gasteiger partial charge in [0.05, 0.1) is 30.2 Å². The highest BCUT2D eigenvalue weighted by atomic mass is 32.2. The molecule has 8 heteroatoms. The van der Waals surface area contributed by atoms with E-state index in [9.17, 15) is 13.2 Å². The SMILES string of the molecule is CC(C)(C)[NH2+]CCCNC(=O)c1cccc(S(=O)(=O)N2CCOCC2)c1. The molecule has 146 valence electrons. The number of nitrogens with two attached hydrogens (primary N) is 1. The fourth-order valence-corrected chi connectivity index (χ4v) is 4.13. The van der Waals surface area contributed by atoms with Gasteiger partial charge in [0, 0.05) is 31.6 Å². The Morgan fingerprint density at radius 1 is 1.27 bits per heavy atom. The van der Waals surface area contributed by atoms with Gasteiger partial charge in [0.1, 0.15) is 0 Å². The monoisotopic (exact) mass is 384 g/mol. The summed E-state index contributed by atoms with van der Waals surface area (Å²) in [6, 6.07) is 6.21. The molecule has 1 amide bonds. The number of amides is 1. The predicted octanol–water partition coefficient (Wildman–Crippen LogP) is 0.189. The van der Waals surface area contributed by atoms with Crippen LogP contribution in [0.25, 0.3) is 0 Å². The van der Waals surface area contributed by atoms with Gasteiger partial charge in [-0.1, -0.05) is 6.07 Å². The zero-order chi connectivity index (χ0) is 19.2. The van der Waals surface area contributed by atoms with E-state index in [0.717, 1.165) is 13.0 Å². The summed E-state index contributed by atoms with van der Waals surface area (Å²) >= 11 is 0. The molecular weight excluding hydrogens is 354 g/mol. The molecule has 0 aliphatic carbocycles. The van der Waals surface area contributed by atoms with Crippen molar-refractivity contribution in [1.29, 1.82) is 0 Å². The normalized spacial score (nSPS) is 16.4. The van der Waals surface area contributed by atoms with Crippen LogP contribution in [-0.4, -0.2) is 63.6 Å². The van der Waals surface area contributed by atoms with Crippen LogP contribution in [0.2, 0.25) is 0 Å². The molecule has 0 unspecified atom stereocenters. The highest BCUT2D eigenvalue weighted by molar-refractivity contribution is 7.89. The van der Waals surface area contributed by atoms with Crippen LogP contribution in [0, 0.1) is 0 Å². The second-order valence-electron chi connectivity index (χ2n) is 7.51. The molecule has 0 aromatic heterocycles. The maximum absolute atomic E-state index is 12.7. The van der Waals surface area contributed by atoms with Gasteiger partial charge in [-0.05, 0) is 39.0 Å². The first-order valence-electron chi connectivity index (χ1n) is 9.01. The fraction of sp³-hybridized carbons (Fsp3) is 0.611. The number of quaternary nitrogens is 1. The average Bonchev–Trinajstić information content (AvgIpc) is 2.61. The Bertz CT molecular complexity index is 707. The van der Waals surface area contributed by atoms with Crippen LogP contribution in [0.3, 0.4) is 0 Å². The maximum atomic E-state index is 12.7. The van der Waals surface area contributed by atoms with Gasteiger partial charge in [0.2, 0.25) is 10.0 Å². The molecule has 0 radical (unpaired) electrons. The number of nitrogens with zero attached hydrogens (tertiary/aromatic N) is 1. The minimum Gasteiger partial charge on any atom is -0.379 e. The Labute approximate surface area is 156 Å². The molecule has 0 spiro atoms. The third-order valence-electron chi connectivity index (χ3n) is 4.13. The highest BCUT2D eigenvalue weighted by Crippen LogP contribution is 2.18. The number of benzene rings is 1. The minimum absolute atomic E-state index is 0.146. The van der Waals surface area contributed by atoms with E-state index in [-0.39, 0.29) is 16.3 Å². The van der Waals surface area contributed by atoms with Crippen LogP contribution in [0.5, 0.6) is 0 Å². The van der Waals surface area contributed by atoms with Gasteiger partial charge in [0.15, 0.2) is 0 Å². The first-order chi connectivity index (χ1) is 12.2. The van der Waals surface area contributed by atoms with Crippen molar-refractivity contribution in [3.8, 4) is 0 Å². The molecule has 0 saturated carbocycles. The summed E-state index contributed by atoms with van der Waals surface area (Å²) in [5.41, 5.74) is 0.533. The Morgan fingerprint density at radius 2 is 1.96 bits per heavy atom. The summed E-state index contributed by atoms with van der Waals surface area (Å²) in [6.07, 6.45) is 0.856. The lowest BCUT2D eigenvalue weighted by Crippen LogP contribution is -2.94. The Hall–Kier alpha value is -1.48. The maximum Gasteiger partial charge on any atom is 0.251 e. The van der Waals surface area contributed by atoms with E-state index in [1.54, 1.807) is 12.1 Å². The van der Waals surface area contributed by atoms with Gasteiger partial charge >= 0.3 is 0 Å². The van der Waals surface area contributed by atoms with Crippen molar-refractivity contribution in [2.24, 2.45) is 0 Å². The zero-order valence-electron chi connectivity index (χ0n) is 15.8. The average molecular weight is 385 g/mol. The summed E-state index contributed by atoms with van der Waals surface area (Å²) < 4.78 is 32.0. The molecule has 7 nitrogen and oxygen atoms in total. The summed E-state index contributed by atoms with van der Waals surface area (Å²) in [7, 11) is -3.60. The standard InChI is InChI=1S/C18H29N3O4S/c1-18(2,3)20-9-5-8-19-17(22)15-6-4-7-16(14-15)26(23,24)21-10-12-25-13-11-21/h4,6-7,14,20H,5,8-13H2,1-3H3,(H,19,22)/p+1. The smallest absolute Gasteiger partial charge is 0.251 e. The van der Waals surface area contributed by atoms with Crippen molar-refractivity contribution in [2.45, 2.75) is 37.6 Å².